The first-order valence-corrected chi connectivity index (χ1v) is 18.0. The molecule has 0 spiro atoms. The minimum absolute atomic E-state index is 0.0247. The Morgan fingerprint density at radius 3 is 2.00 bits per heavy atom. The molecule has 2 N–H and O–H groups in total. The van der Waals surface area contributed by atoms with E-state index >= 15 is 4.21 Å². The lowest BCUT2D eigenvalue weighted by Crippen LogP contribution is -2.38. The molecule has 0 bridgehead atoms. The maximum atomic E-state index is 15.9. The number of hydrogen-bond acceptors (Lipinski definition) is 7. The predicted octanol–water partition coefficient (Wildman–Crippen LogP) is 7.87. The van der Waals surface area contributed by atoms with Gasteiger partial charge in [-0.1, -0.05) is 119 Å². The number of hydrogen-bond donors (Lipinski definition) is 2. The summed E-state index contributed by atoms with van der Waals surface area (Å²) in [6, 6.07) is 30.2. The summed E-state index contributed by atoms with van der Waals surface area (Å²) >= 11 is 0. The number of benzene rings is 3. The van der Waals surface area contributed by atoms with Crippen LogP contribution in [-0.2, 0) is 22.0 Å². The smallest absolute Gasteiger partial charge is 0.332 e. The lowest BCUT2D eigenvalue weighted by molar-refractivity contribution is 0.224. The first kappa shape index (κ1) is 33.7. The van der Waals surface area contributed by atoms with Gasteiger partial charge in [0.2, 0.25) is 11.8 Å². The lowest BCUT2D eigenvalue weighted by atomic mass is 9.78. The Labute approximate surface area is 288 Å². The number of carbonyl (C=O) groups is 1. The number of urea groups is 1. The van der Waals surface area contributed by atoms with Gasteiger partial charge in [-0.05, 0) is 34.1 Å². The van der Waals surface area contributed by atoms with Gasteiger partial charge in [0.15, 0.2) is 9.92 Å². The first-order chi connectivity index (χ1) is 23.7. The number of methoxy groups -OCH3 is 1. The van der Waals surface area contributed by atoms with E-state index in [-0.39, 0.29) is 16.7 Å². The van der Waals surface area contributed by atoms with Gasteiger partial charge in [-0.15, -0.1) is 0 Å². The van der Waals surface area contributed by atoms with Crippen LogP contribution in [0.15, 0.2) is 113 Å². The van der Waals surface area contributed by atoms with Gasteiger partial charge < -0.3 is 14.8 Å². The van der Waals surface area contributed by atoms with E-state index in [4.69, 9.17) is 13.8 Å². The van der Waals surface area contributed by atoms with Crippen LogP contribution >= 0.6 is 0 Å². The van der Waals surface area contributed by atoms with Crippen LogP contribution in [0, 0.1) is 0 Å². The third kappa shape index (κ3) is 6.63. The summed E-state index contributed by atoms with van der Waals surface area (Å²) in [4.78, 5) is 19.2. The van der Waals surface area contributed by atoms with E-state index in [0.29, 0.717) is 36.3 Å². The summed E-state index contributed by atoms with van der Waals surface area (Å²) in [6.45, 7) is 9.07. The Kier molecular flexibility index (Phi) is 9.73. The van der Waals surface area contributed by atoms with Crippen molar-refractivity contribution in [3.63, 3.8) is 0 Å². The summed E-state index contributed by atoms with van der Waals surface area (Å²) in [6.07, 6.45) is 2.25. The third-order valence-electron chi connectivity index (χ3n) is 8.55. The van der Waals surface area contributed by atoms with Crippen LogP contribution in [0.25, 0.3) is 0 Å². The molecule has 3 heterocycles. The minimum atomic E-state index is -3.86. The average Bonchev–Trinajstić information content (AvgIpc) is 3.57. The molecule has 1 atom stereocenters. The van der Waals surface area contributed by atoms with Crippen molar-refractivity contribution in [2.24, 2.45) is 4.36 Å². The fourth-order valence-electron chi connectivity index (χ4n) is 6.19. The van der Waals surface area contributed by atoms with Crippen molar-refractivity contribution < 1.29 is 18.5 Å². The van der Waals surface area contributed by atoms with Gasteiger partial charge >= 0.3 is 6.03 Å². The molecule has 0 saturated carbocycles. The molecule has 2 amide bonds. The molecule has 10 nitrogen and oxygen atoms in total. The molecule has 0 radical (unpaired) electrons. The Morgan fingerprint density at radius 2 is 1.49 bits per heavy atom. The second kappa shape index (κ2) is 14.1. The van der Waals surface area contributed by atoms with Crippen LogP contribution in [0.3, 0.4) is 0 Å². The number of aromatic nitrogens is 3. The lowest BCUT2D eigenvalue weighted by Gasteiger charge is -2.33. The molecule has 254 valence electrons. The molecule has 0 aliphatic carbocycles. The van der Waals surface area contributed by atoms with Crippen LogP contribution in [0.5, 0.6) is 11.8 Å². The van der Waals surface area contributed by atoms with E-state index < -0.39 is 21.5 Å². The summed E-state index contributed by atoms with van der Waals surface area (Å²) in [5, 5.41) is 7.53. The molecule has 2 aromatic heterocycles. The molecule has 6 rings (SSSR count). The maximum Gasteiger partial charge on any atom is 0.332 e. The quantitative estimate of drug-likeness (QED) is 0.145. The number of nitrogens with zero attached hydrogens (tertiary/aromatic N) is 4. The van der Waals surface area contributed by atoms with Crippen LogP contribution in [0.2, 0.25) is 0 Å². The van der Waals surface area contributed by atoms with E-state index in [1.165, 1.54) is 6.20 Å². The molecule has 49 heavy (non-hydrogen) atoms. The fourth-order valence-corrected chi connectivity index (χ4v) is 8.04. The molecule has 1 aliphatic rings. The largest absolute Gasteiger partial charge is 0.481 e. The number of fused-ring (bicyclic) bond motifs is 1. The highest BCUT2D eigenvalue weighted by atomic mass is 32.2. The number of carbonyl (C=O) groups excluding carboxylic acids is 1. The molecule has 1 unspecified atom stereocenters. The summed E-state index contributed by atoms with van der Waals surface area (Å²) < 4.78 is 37.3. The first-order valence-electron chi connectivity index (χ1n) is 16.5. The second-order valence-electron chi connectivity index (χ2n) is 12.5. The predicted molar refractivity (Wildman–Crippen MR) is 192 cm³/mol. The van der Waals surface area contributed by atoms with E-state index in [2.05, 4.69) is 20.1 Å². The van der Waals surface area contributed by atoms with Crippen molar-refractivity contribution in [1.82, 2.24) is 19.5 Å². The zero-order valence-corrected chi connectivity index (χ0v) is 29.2. The van der Waals surface area contributed by atoms with Crippen molar-refractivity contribution in [3.8, 4) is 11.8 Å². The average molecular weight is 679 g/mol. The SMILES string of the molecule is COc1cc(C(C)C)c(NC(=O)NS(=O)(=NC(c2ccccc2)(c2ccccc2)c2ccccc2)c2cnn3c2OCCC3)c(C(C)C)n1. The van der Waals surface area contributed by atoms with E-state index in [1.54, 1.807) is 11.8 Å². The Hall–Kier alpha value is -5.16. The highest BCUT2D eigenvalue weighted by Gasteiger charge is 2.40. The van der Waals surface area contributed by atoms with Gasteiger partial charge in [0.1, 0.15) is 10.4 Å². The van der Waals surface area contributed by atoms with Crippen molar-refractivity contribution >= 4 is 21.6 Å². The third-order valence-corrected chi connectivity index (χ3v) is 10.4. The van der Waals surface area contributed by atoms with Gasteiger partial charge in [0.25, 0.3) is 0 Å². The van der Waals surface area contributed by atoms with Gasteiger partial charge in [-0.3, -0.25) is 0 Å². The van der Waals surface area contributed by atoms with Crippen LogP contribution in [-0.4, -0.2) is 38.7 Å². The zero-order valence-electron chi connectivity index (χ0n) is 28.4. The molecule has 0 fully saturated rings. The summed E-state index contributed by atoms with van der Waals surface area (Å²) in [5.74, 6) is 0.756. The molecular formula is C38H42N6O4S. The number of amides is 2. The highest BCUT2D eigenvalue weighted by molar-refractivity contribution is 7.92. The number of rotatable bonds is 10. The number of ether oxygens (including phenoxy) is 2. The van der Waals surface area contributed by atoms with Crippen molar-refractivity contribution in [1.29, 1.82) is 0 Å². The number of pyridine rings is 1. The monoisotopic (exact) mass is 678 g/mol. The maximum absolute atomic E-state index is 15.9. The molecule has 0 saturated heterocycles. The normalized spacial score (nSPS) is 14.0. The van der Waals surface area contributed by atoms with Gasteiger partial charge in [0.05, 0.1) is 31.3 Å². The second-order valence-corrected chi connectivity index (χ2v) is 14.4. The van der Waals surface area contributed by atoms with Crippen LogP contribution in [0.1, 0.15) is 73.9 Å². The van der Waals surface area contributed by atoms with E-state index in [9.17, 15) is 4.79 Å². The van der Waals surface area contributed by atoms with E-state index in [1.807, 2.05) is 125 Å². The molecular weight excluding hydrogens is 637 g/mol. The number of aryl methyl sites for hydroxylation is 1. The van der Waals surface area contributed by atoms with Crippen LogP contribution in [0.4, 0.5) is 10.5 Å². The Bertz CT molecular complexity index is 1910. The highest BCUT2D eigenvalue weighted by Crippen LogP contribution is 2.43. The van der Waals surface area contributed by atoms with Crippen molar-refractivity contribution in [2.45, 2.75) is 62.9 Å². The van der Waals surface area contributed by atoms with E-state index in [0.717, 1.165) is 28.7 Å². The minimum Gasteiger partial charge on any atom is -0.481 e. The number of anilines is 1. The molecule has 1 aliphatic heterocycles. The van der Waals surface area contributed by atoms with Crippen molar-refractivity contribution in [3.05, 3.63) is 131 Å². The van der Waals surface area contributed by atoms with Gasteiger partial charge in [0, 0.05) is 19.0 Å². The Balaban J connectivity index is 1.61. The molecule has 3 aromatic carbocycles. The zero-order chi connectivity index (χ0) is 34.6. The standard InChI is InChI=1S/C38H42N6O4S/c1-26(2)31-24-33(47-5)40-34(27(3)4)35(31)41-37(45)42-49(46,32-25-39-44-22-15-23-48-36(32)44)43-38(28-16-9-6-10-17-28,29-18-11-7-12-19-29)30-20-13-8-14-21-30/h6-14,16-21,24-27H,15,22-23H2,1-5H3,(H2,41,42,43,45,46). The van der Waals surface area contributed by atoms with Crippen LogP contribution < -0.4 is 19.5 Å². The topological polar surface area (TPSA) is 120 Å². The van der Waals surface area contributed by atoms with Crippen molar-refractivity contribution in [2.75, 3.05) is 19.0 Å². The fraction of sp³-hybridized carbons (Fsp3) is 0.289. The summed E-state index contributed by atoms with van der Waals surface area (Å²) in [5.41, 5.74) is 3.03. The number of nitrogens with one attached hydrogen (secondary N) is 2. The summed E-state index contributed by atoms with van der Waals surface area (Å²) in [7, 11) is -2.29. The van der Waals surface area contributed by atoms with Gasteiger partial charge in [-0.25, -0.2) is 23.4 Å². The Morgan fingerprint density at radius 1 is 0.918 bits per heavy atom. The van der Waals surface area contributed by atoms with Gasteiger partial charge in [-0.2, -0.15) is 9.46 Å². The molecule has 11 heteroatoms. The molecule has 5 aromatic rings.